The van der Waals surface area contributed by atoms with E-state index in [-0.39, 0.29) is 5.97 Å². The van der Waals surface area contributed by atoms with Crippen molar-refractivity contribution in [1.82, 2.24) is 4.98 Å². The summed E-state index contributed by atoms with van der Waals surface area (Å²) in [5.41, 5.74) is 1.91. The summed E-state index contributed by atoms with van der Waals surface area (Å²) < 4.78 is 6.84. The van der Waals surface area contributed by atoms with Gasteiger partial charge < -0.3 is 4.74 Å². The summed E-state index contributed by atoms with van der Waals surface area (Å²) >= 11 is 4.90. The molecule has 0 radical (unpaired) electrons. The number of aromatic nitrogens is 1. The molecule has 0 amide bonds. The lowest BCUT2D eigenvalue weighted by molar-refractivity contribution is -0.142. The van der Waals surface area contributed by atoms with Crippen LogP contribution in [-0.2, 0) is 16.0 Å². The monoisotopic (exact) mass is 299 g/mol. The van der Waals surface area contributed by atoms with Crippen molar-refractivity contribution < 1.29 is 9.53 Å². The van der Waals surface area contributed by atoms with Gasteiger partial charge in [0.2, 0.25) is 0 Å². The van der Waals surface area contributed by atoms with Crippen molar-refractivity contribution in [2.45, 2.75) is 13.3 Å². The molecule has 1 aromatic heterocycles. The van der Waals surface area contributed by atoms with Gasteiger partial charge in [-0.15, -0.1) is 11.3 Å². The van der Waals surface area contributed by atoms with Gasteiger partial charge in [-0.3, -0.25) is 4.79 Å². The number of rotatable bonds is 3. The van der Waals surface area contributed by atoms with Crippen molar-refractivity contribution in [1.29, 1.82) is 0 Å². The minimum absolute atomic E-state index is 0.189. The summed E-state index contributed by atoms with van der Waals surface area (Å²) in [6.45, 7) is 2.23. The van der Waals surface area contributed by atoms with Gasteiger partial charge in [0.15, 0.2) is 3.92 Å². The maximum absolute atomic E-state index is 11.3. The lowest BCUT2D eigenvalue weighted by atomic mass is 10.1. The fourth-order valence-corrected chi connectivity index (χ4v) is 2.90. The van der Waals surface area contributed by atoms with Crippen LogP contribution in [0.1, 0.15) is 12.5 Å². The van der Waals surface area contributed by atoms with Crippen LogP contribution in [0.15, 0.2) is 22.1 Å². The van der Waals surface area contributed by atoms with Crippen LogP contribution >= 0.6 is 27.3 Å². The molecule has 0 atom stereocenters. The summed E-state index contributed by atoms with van der Waals surface area (Å²) in [6, 6.07) is 5.81. The van der Waals surface area contributed by atoms with Crippen molar-refractivity contribution in [3.05, 3.63) is 27.7 Å². The average Bonchev–Trinajstić information content (AvgIpc) is 2.57. The van der Waals surface area contributed by atoms with Gasteiger partial charge in [0.1, 0.15) is 0 Å². The summed E-state index contributed by atoms with van der Waals surface area (Å²) in [7, 11) is 0. The van der Waals surface area contributed by atoms with E-state index in [9.17, 15) is 4.79 Å². The first kappa shape index (κ1) is 11.5. The number of halogens is 1. The second kappa shape index (κ2) is 4.93. The molecule has 16 heavy (non-hydrogen) atoms. The van der Waals surface area contributed by atoms with Crippen LogP contribution in [0.3, 0.4) is 0 Å². The number of carbonyl (C=O) groups excluding carboxylic acids is 1. The molecule has 84 valence electrons. The van der Waals surface area contributed by atoms with Gasteiger partial charge in [-0.2, -0.15) is 0 Å². The zero-order valence-electron chi connectivity index (χ0n) is 8.70. The molecule has 5 heteroatoms. The molecule has 0 aliphatic rings. The van der Waals surface area contributed by atoms with E-state index in [1.54, 1.807) is 18.3 Å². The van der Waals surface area contributed by atoms with Crippen molar-refractivity contribution in [3.8, 4) is 0 Å². The van der Waals surface area contributed by atoms with E-state index in [4.69, 9.17) is 4.74 Å². The topological polar surface area (TPSA) is 39.2 Å². The fraction of sp³-hybridized carbons (Fsp3) is 0.273. The largest absolute Gasteiger partial charge is 0.466 e. The molecule has 0 aliphatic carbocycles. The van der Waals surface area contributed by atoms with Gasteiger partial charge in [0.25, 0.3) is 0 Å². The fourth-order valence-electron chi connectivity index (χ4n) is 1.43. The number of carbonyl (C=O) groups is 1. The smallest absolute Gasteiger partial charge is 0.310 e. The summed E-state index contributed by atoms with van der Waals surface area (Å²) in [6.07, 6.45) is 0.319. The highest BCUT2D eigenvalue weighted by Gasteiger charge is 2.06. The molecule has 0 unspecified atom stereocenters. The molecule has 3 nitrogen and oxygen atoms in total. The predicted octanol–water partition coefficient (Wildman–Crippen LogP) is 3.16. The Morgan fingerprint density at radius 2 is 2.38 bits per heavy atom. The second-order valence-electron chi connectivity index (χ2n) is 3.25. The van der Waals surface area contributed by atoms with Gasteiger partial charge in [0, 0.05) is 0 Å². The molecule has 0 spiro atoms. The van der Waals surface area contributed by atoms with E-state index in [2.05, 4.69) is 20.9 Å². The number of fused-ring (bicyclic) bond motifs is 1. The third-order valence-electron chi connectivity index (χ3n) is 2.08. The zero-order chi connectivity index (χ0) is 11.5. The SMILES string of the molecule is CCOC(=O)Cc1ccc2nc(Br)sc2c1. The van der Waals surface area contributed by atoms with Gasteiger partial charge in [-0.25, -0.2) is 4.98 Å². The number of hydrogen-bond acceptors (Lipinski definition) is 4. The molecule has 1 heterocycles. The summed E-state index contributed by atoms with van der Waals surface area (Å²) in [5.74, 6) is -0.189. The van der Waals surface area contributed by atoms with E-state index in [1.807, 2.05) is 18.2 Å². The Morgan fingerprint density at radius 3 is 3.12 bits per heavy atom. The highest BCUT2D eigenvalue weighted by atomic mass is 79.9. The second-order valence-corrected chi connectivity index (χ2v) is 5.56. The minimum Gasteiger partial charge on any atom is -0.466 e. The lowest BCUT2D eigenvalue weighted by Gasteiger charge is -2.01. The number of esters is 1. The van der Waals surface area contributed by atoms with Crippen molar-refractivity contribution >= 4 is 43.5 Å². The molecule has 1 aromatic carbocycles. The predicted molar refractivity (Wildman–Crippen MR) is 67.7 cm³/mol. The molecule has 0 saturated heterocycles. The van der Waals surface area contributed by atoms with E-state index in [0.717, 1.165) is 19.7 Å². The first-order valence-corrected chi connectivity index (χ1v) is 6.50. The molecular formula is C11H10BrNO2S. The lowest BCUT2D eigenvalue weighted by Crippen LogP contribution is -2.07. The maximum Gasteiger partial charge on any atom is 0.310 e. The standard InChI is InChI=1S/C11H10BrNO2S/c1-2-15-10(14)6-7-3-4-8-9(5-7)16-11(12)13-8/h3-5H,2,6H2,1H3. The normalized spacial score (nSPS) is 10.6. The summed E-state index contributed by atoms with van der Waals surface area (Å²) in [5, 5.41) is 0. The molecule has 2 rings (SSSR count). The van der Waals surface area contributed by atoms with Crippen molar-refractivity contribution in [2.24, 2.45) is 0 Å². The van der Waals surface area contributed by atoms with Crippen LogP contribution in [0.5, 0.6) is 0 Å². The quantitative estimate of drug-likeness (QED) is 0.817. The number of ether oxygens (including phenoxy) is 1. The Labute approximate surface area is 106 Å². The van der Waals surface area contributed by atoms with Crippen molar-refractivity contribution in [2.75, 3.05) is 6.61 Å². The van der Waals surface area contributed by atoms with E-state index >= 15 is 0 Å². The van der Waals surface area contributed by atoms with E-state index in [1.165, 1.54) is 0 Å². The molecule has 0 bridgehead atoms. The first-order chi connectivity index (χ1) is 7.69. The Kier molecular flexibility index (Phi) is 3.56. The number of benzene rings is 1. The highest BCUT2D eigenvalue weighted by Crippen LogP contribution is 2.26. The number of thiazole rings is 1. The number of nitrogens with zero attached hydrogens (tertiary/aromatic N) is 1. The Morgan fingerprint density at radius 1 is 1.56 bits per heavy atom. The van der Waals surface area contributed by atoms with Crippen LogP contribution in [0.2, 0.25) is 0 Å². The van der Waals surface area contributed by atoms with Gasteiger partial charge >= 0.3 is 5.97 Å². The molecular weight excluding hydrogens is 290 g/mol. The van der Waals surface area contributed by atoms with Gasteiger partial charge in [-0.05, 0) is 40.5 Å². The Balaban J connectivity index is 2.22. The first-order valence-electron chi connectivity index (χ1n) is 4.89. The highest BCUT2D eigenvalue weighted by molar-refractivity contribution is 9.11. The minimum atomic E-state index is -0.189. The zero-order valence-corrected chi connectivity index (χ0v) is 11.1. The Bertz CT molecular complexity index is 524. The maximum atomic E-state index is 11.3. The van der Waals surface area contributed by atoms with E-state index in [0.29, 0.717) is 13.0 Å². The third-order valence-corrected chi connectivity index (χ3v) is 3.55. The third kappa shape index (κ3) is 2.59. The van der Waals surface area contributed by atoms with E-state index < -0.39 is 0 Å². The molecule has 0 saturated carbocycles. The molecule has 0 fully saturated rings. The Hall–Kier alpha value is -0.940. The van der Waals surface area contributed by atoms with Crippen LogP contribution in [0.25, 0.3) is 10.2 Å². The van der Waals surface area contributed by atoms with Gasteiger partial charge in [-0.1, -0.05) is 6.07 Å². The molecule has 2 aromatic rings. The van der Waals surface area contributed by atoms with Crippen LogP contribution in [0.4, 0.5) is 0 Å². The van der Waals surface area contributed by atoms with Gasteiger partial charge in [0.05, 0.1) is 23.2 Å². The summed E-state index contributed by atoms with van der Waals surface area (Å²) in [4.78, 5) is 15.6. The number of hydrogen-bond donors (Lipinski definition) is 0. The van der Waals surface area contributed by atoms with Crippen LogP contribution in [0, 0.1) is 0 Å². The van der Waals surface area contributed by atoms with Crippen LogP contribution in [-0.4, -0.2) is 17.6 Å². The van der Waals surface area contributed by atoms with Crippen molar-refractivity contribution in [3.63, 3.8) is 0 Å². The average molecular weight is 300 g/mol. The molecule has 0 N–H and O–H groups in total. The van der Waals surface area contributed by atoms with Crippen LogP contribution < -0.4 is 0 Å². The molecule has 0 aliphatic heterocycles.